The quantitative estimate of drug-likeness (QED) is 0.536. The SMILES string of the molecule is CCn1nccc1C(O)c1c(F)c(F)c(F)c(F)c1F. The zero-order chi connectivity index (χ0) is 15.0. The van der Waals surface area contributed by atoms with E-state index >= 15 is 0 Å². The largest absolute Gasteiger partial charge is 0.382 e. The number of aromatic nitrogens is 2. The lowest BCUT2D eigenvalue weighted by atomic mass is 10.0. The number of aliphatic hydroxyl groups excluding tert-OH is 1. The van der Waals surface area contributed by atoms with Crippen LogP contribution in [0.5, 0.6) is 0 Å². The summed E-state index contributed by atoms with van der Waals surface area (Å²) in [6.45, 7) is 1.90. The standard InChI is InChI=1S/C12H9F5N2O/c1-2-19-5(3-4-18-19)12(20)6-7(13)9(15)11(17)10(16)8(6)14/h3-4,12,20H,2H2,1H3. The average molecular weight is 292 g/mol. The van der Waals surface area contributed by atoms with Crippen LogP contribution in [0.2, 0.25) is 0 Å². The maximum absolute atomic E-state index is 13.6. The summed E-state index contributed by atoms with van der Waals surface area (Å²) in [5, 5.41) is 13.7. The lowest BCUT2D eigenvalue weighted by Gasteiger charge is -2.15. The number of aryl methyl sites for hydroxylation is 1. The van der Waals surface area contributed by atoms with Gasteiger partial charge in [-0.05, 0) is 13.0 Å². The highest BCUT2D eigenvalue weighted by atomic mass is 19.2. The maximum Gasteiger partial charge on any atom is 0.200 e. The Balaban J connectivity index is 2.64. The number of aliphatic hydroxyl groups is 1. The van der Waals surface area contributed by atoms with E-state index in [1.54, 1.807) is 6.92 Å². The second-order valence-corrected chi connectivity index (χ2v) is 3.96. The average Bonchev–Trinajstić information content (AvgIpc) is 2.91. The van der Waals surface area contributed by atoms with Crippen molar-refractivity contribution in [1.82, 2.24) is 9.78 Å². The van der Waals surface area contributed by atoms with Crippen molar-refractivity contribution in [1.29, 1.82) is 0 Å². The molecule has 0 amide bonds. The van der Waals surface area contributed by atoms with Gasteiger partial charge in [0.25, 0.3) is 0 Å². The smallest absolute Gasteiger partial charge is 0.200 e. The number of hydrogen-bond acceptors (Lipinski definition) is 2. The van der Waals surface area contributed by atoms with Gasteiger partial charge >= 0.3 is 0 Å². The van der Waals surface area contributed by atoms with Crippen LogP contribution in [0.25, 0.3) is 0 Å². The molecule has 1 atom stereocenters. The van der Waals surface area contributed by atoms with Crippen molar-refractivity contribution in [3.05, 3.63) is 52.6 Å². The number of rotatable bonds is 3. The van der Waals surface area contributed by atoms with Crippen LogP contribution in [0.15, 0.2) is 12.3 Å². The number of hydrogen-bond donors (Lipinski definition) is 1. The van der Waals surface area contributed by atoms with Gasteiger partial charge in [0.1, 0.15) is 6.10 Å². The molecule has 0 spiro atoms. The van der Waals surface area contributed by atoms with E-state index in [1.165, 1.54) is 16.9 Å². The molecule has 108 valence electrons. The van der Waals surface area contributed by atoms with E-state index in [-0.39, 0.29) is 12.2 Å². The Morgan fingerprint density at radius 1 is 1.05 bits per heavy atom. The first-order chi connectivity index (χ1) is 9.40. The molecule has 20 heavy (non-hydrogen) atoms. The molecule has 1 unspecified atom stereocenters. The molecule has 0 aliphatic rings. The minimum Gasteiger partial charge on any atom is -0.382 e. The van der Waals surface area contributed by atoms with Crippen molar-refractivity contribution in [2.24, 2.45) is 0 Å². The topological polar surface area (TPSA) is 38.0 Å². The van der Waals surface area contributed by atoms with Crippen LogP contribution < -0.4 is 0 Å². The van der Waals surface area contributed by atoms with Gasteiger partial charge in [0.2, 0.25) is 5.82 Å². The highest BCUT2D eigenvalue weighted by molar-refractivity contribution is 5.31. The van der Waals surface area contributed by atoms with E-state index in [9.17, 15) is 27.1 Å². The molecule has 1 N–H and O–H groups in total. The lowest BCUT2D eigenvalue weighted by Crippen LogP contribution is -2.15. The molecular weight excluding hydrogens is 283 g/mol. The summed E-state index contributed by atoms with van der Waals surface area (Å²) in [6, 6.07) is 1.23. The molecule has 0 radical (unpaired) electrons. The van der Waals surface area contributed by atoms with Gasteiger partial charge in [-0.15, -0.1) is 0 Å². The Kier molecular flexibility index (Phi) is 3.76. The van der Waals surface area contributed by atoms with Crippen molar-refractivity contribution in [2.75, 3.05) is 0 Å². The molecule has 1 heterocycles. The van der Waals surface area contributed by atoms with E-state index < -0.39 is 40.8 Å². The summed E-state index contributed by atoms with van der Waals surface area (Å²) >= 11 is 0. The molecule has 0 aliphatic heterocycles. The molecule has 1 aromatic heterocycles. The summed E-state index contributed by atoms with van der Waals surface area (Å²) in [6.07, 6.45) is -0.768. The van der Waals surface area contributed by atoms with E-state index in [1.807, 2.05) is 0 Å². The fraction of sp³-hybridized carbons (Fsp3) is 0.250. The Labute approximate surface area is 110 Å². The molecule has 1 aromatic carbocycles. The van der Waals surface area contributed by atoms with E-state index in [2.05, 4.69) is 5.10 Å². The molecule has 2 rings (SSSR count). The molecular formula is C12H9F5N2O. The summed E-state index contributed by atoms with van der Waals surface area (Å²) in [4.78, 5) is 0. The van der Waals surface area contributed by atoms with Gasteiger partial charge in [0, 0.05) is 12.7 Å². The number of benzene rings is 1. The zero-order valence-corrected chi connectivity index (χ0v) is 10.2. The van der Waals surface area contributed by atoms with Crippen molar-refractivity contribution in [3.8, 4) is 0 Å². The first kappa shape index (κ1) is 14.4. The van der Waals surface area contributed by atoms with Gasteiger partial charge in [0.15, 0.2) is 23.3 Å². The third kappa shape index (κ3) is 2.05. The van der Waals surface area contributed by atoms with Crippen molar-refractivity contribution in [3.63, 3.8) is 0 Å². The molecule has 0 saturated heterocycles. The van der Waals surface area contributed by atoms with Gasteiger partial charge < -0.3 is 5.11 Å². The van der Waals surface area contributed by atoms with Crippen LogP contribution in [0.4, 0.5) is 22.0 Å². The fourth-order valence-corrected chi connectivity index (χ4v) is 1.85. The minimum atomic E-state index is -2.26. The molecule has 8 heteroatoms. The Hall–Kier alpha value is -1.96. The fourth-order valence-electron chi connectivity index (χ4n) is 1.85. The molecule has 0 aliphatic carbocycles. The van der Waals surface area contributed by atoms with Gasteiger partial charge in [-0.25, -0.2) is 22.0 Å². The number of halogens is 5. The van der Waals surface area contributed by atoms with Crippen LogP contribution in [0, 0.1) is 29.1 Å². The molecule has 0 fully saturated rings. The normalized spacial score (nSPS) is 12.8. The summed E-state index contributed by atoms with van der Waals surface area (Å²) in [7, 11) is 0. The van der Waals surface area contributed by atoms with Crippen LogP contribution in [0.1, 0.15) is 24.3 Å². The molecule has 3 nitrogen and oxygen atoms in total. The van der Waals surface area contributed by atoms with Crippen molar-refractivity contribution >= 4 is 0 Å². The van der Waals surface area contributed by atoms with Crippen LogP contribution >= 0.6 is 0 Å². The van der Waals surface area contributed by atoms with Crippen LogP contribution in [-0.4, -0.2) is 14.9 Å². The predicted octanol–water partition coefficient (Wildman–Crippen LogP) is 2.68. The van der Waals surface area contributed by atoms with Crippen LogP contribution in [-0.2, 0) is 6.54 Å². The second kappa shape index (κ2) is 5.20. The third-order valence-electron chi connectivity index (χ3n) is 2.85. The van der Waals surface area contributed by atoms with E-state index in [0.29, 0.717) is 0 Å². The minimum absolute atomic E-state index is 0.0734. The second-order valence-electron chi connectivity index (χ2n) is 3.96. The third-order valence-corrected chi connectivity index (χ3v) is 2.85. The first-order valence-corrected chi connectivity index (χ1v) is 5.61. The number of nitrogens with zero attached hydrogens (tertiary/aromatic N) is 2. The summed E-state index contributed by atoms with van der Waals surface area (Å²) in [5.74, 6) is -10.6. The van der Waals surface area contributed by atoms with Crippen molar-refractivity contribution < 1.29 is 27.1 Å². The Bertz CT molecular complexity index is 627. The van der Waals surface area contributed by atoms with Crippen molar-refractivity contribution in [2.45, 2.75) is 19.6 Å². The molecule has 0 bridgehead atoms. The highest BCUT2D eigenvalue weighted by Gasteiger charge is 2.31. The zero-order valence-electron chi connectivity index (χ0n) is 10.2. The van der Waals surface area contributed by atoms with Gasteiger partial charge in [-0.2, -0.15) is 5.10 Å². The van der Waals surface area contributed by atoms with E-state index in [0.717, 1.165) is 0 Å². The monoisotopic (exact) mass is 292 g/mol. The highest BCUT2D eigenvalue weighted by Crippen LogP contribution is 2.31. The summed E-state index contributed by atoms with van der Waals surface area (Å²) in [5.41, 5.74) is -1.37. The maximum atomic E-state index is 13.6. The van der Waals surface area contributed by atoms with E-state index in [4.69, 9.17) is 0 Å². The van der Waals surface area contributed by atoms with Gasteiger partial charge in [-0.3, -0.25) is 4.68 Å². The lowest BCUT2D eigenvalue weighted by molar-refractivity contribution is 0.192. The van der Waals surface area contributed by atoms with Gasteiger partial charge in [0.05, 0.1) is 11.3 Å². The Morgan fingerprint density at radius 2 is 1.55 bits per heavy atom. The molecule has 0 saturated carbocycles. The predicted molar refractivity (Wildman–Crippen MR) is 58.2 cm³/mol. The van der Waals surface area contributed by atoms with Crippen LogP contribution in [0.3, 0.4) is 0 Å². The Morgan fingerprint density at radius 3 is 2.05 bits per heavy atom. The van der Waals surface area contributed by atoms with Gasteiger partial charge in [-0.1, -0.05) is 0 Å². The first-order valence-electron chi connectivity index (χ1n) is 5.61. The summed E-state index contributed by atoms with van der Waals surface area (Å²) < 4.78 is 67.4. The molecule has 2 aromatic rings.